The Kier molecular flexibility index (Phi) is 10.8. The van der Waals surface area contributed by atoms with Crippen LogP contribution in [0.2, 0.25) is 15.1 Å². The summed E-state index contributed by atoms with van der Waals surface area (Å²) >= 11 is 17.3. The Balaban J connectivity index is 0.000000312. The van der Waals surface area contributed by atoms with E-state index < -0.39 is 16.7 Å². The molecule has 0 aliphatic heterocycles. The van der Waals surface area contributed by atoms with E-state index in [9.17, 15) is 28.1 Å². The lowest BCUT2D eigenvalue weighted by atomic mass is 10.2. The van der Waals surface area contributed by atoms with E-state index in [0.717, 1.165) is 18.2 Å². The summed E-state index contributed by atoms with van der Waals surface area (Å²) in [4.78, 5) is 21.3. The SMILES string of the molecule is CCC(=O)Nc1ccc(Cl)c(Cl)c1.CCOc1cc(Oc2ccc(C(F)(F)F)cc2Cl)ccc1[N+](=O)[O-]. The molecule has 198 valence electrons. The highest BCUT2D eigenvalue weighted by Gasteiger charge is 2.31. The largest absolute Gasteiger partial charge is 0.487 e. The molecule has 0 heterocycles. The fourth-order valence-electron chi connectivity index (χ4n) is 2.69. The molecule has 0 fully saturated rings. The van der Waals surface area contributed by atoms with Gasteiger partial charge in [-0.25, -0.2) is 0 Å². The summed E-state index contributed by atoms with van der Waals surface area (Å²) in [6, 6.07) is 11.4. The van der Waals surface area contributed by atoms with E-state index in [1.807, 2.05) is 0 Å². The Morgan fingerprint density at radius 1 is 0.946 bits per heavy atom. The fourth-order valence-corrected chi connectivity index (χ4v) is 3.21. The molecule has 0 aliphatic rings. The lowest BCUT2D eigenvalue weighted by Gasteiger charge is -2.12. The number of hydrogen-bond acceptors (Lipinski definition) is 5. The van der Waals surface area contributed by atoms with Crippen LogP contribution in [0.25, 0.3) is 0 Å². The maximum atomic E-state index is 12.6. The third kappa shape index (κ3) is 8.99. The molecule has 0 aromatic heterocycles. The number of halogens is 6. The molecule has 3 aromatic rings. The number of nitrogens with zero attached hydrogens (tertiary/aromatic N) is 1. The number of carbonyl (C=O) groups excluding carboxylic acids is 1. The van der Waals surface area contributed by atoms with E-state index >= 15 is 0 Å². The van der Waals surface area contributed by atoms with Crippen LogP contribution >= 0.6 is 34.8 Å². The summed E-state index contributed by atoms with van der Waals surface area (Å²) in [5.74, 6) is 0.0769. The molecule has 0 bridgehead atoms. The highest BCUT2D eigenvalue weighted by atomic mass is 35.5. The van der Waals surface area contributed by atoms with Crippen molar-refractivity contribution in [1.82, 2.24) is 0 Å². The number of nitro groups is 1. The monoisotopic (exact) mass is 578 g/mol. The molecular weight excluding hydrogens is 560 g/mol. The standard InChI is InChI=1S/C15H11ClF3NO4.C9H9Cl2NO/c1-2-23-14-8-10(4-5-12(14)20(21)22)24-13-6-3-9(7-11(13)16)15(17,18)19;1-2-9(13)12-6-3-4-7(10)8(11)5-6/h3-8H,2H2,1H3;3-5H,2H2,1H3,(H,12,13). The first-order valence-corrected chi connectivity index (χ1v) is 11.7. The van der Waals surface area contributed by atoms with Crippen LogP contribution < -0.4 is 14.8 Å². The van der Waals surface area contributed by atoms with Crippen LogP contribution in [-0.2, 0) is 11.0 Å². The van der Waals surface area contributed by atoms with Crippen LogP contribution in [-0.4, -0.2) is 17.4 Å². The van der Waals surface area contributed by atoms with E-state index in [4.69, 9.17) is 44.3 Å². The van der Waals surface area contributed by atoms with E-state index in [2.05, 4.69) is 5.32 Å². The Hall–Kier alpha value is -3.21. The lowest BCUT2D eigenvalue weighted by molar-refractivity contribution is -0.385. The van der Waals surface area contributed by atoms with Crippen molar-refractivity contribution in [3.8, 4) is 17.2 Å². The molecule has 37 heavy (non-hydrogen) atoms. The maximum absolute atomic E-state index is 12.6. The van der Waals surface area contributed by atoms with Crippen LogP contribution in [0.4, 0.5) is 24.5 Å². The quantitative estimate of drug-likeness (QED) is 0.223. The molecule has 7 nitrogen and oxygen atoms in total. The summed E-state index contributed by atoms with van der Waals surface area (Å²) in [6.45, 7) is 3.64. The minimum absolute atomic E-state index is 0.0111. The summed E-state index contributed by atoms with van der Waals surface area (Å²) in [6.07, 6.45) is -4.07. The Morgan fingerprint density at radius 3 is 2.19 bits per heavy atom. The van der Waals surface area contributed by atoms with E-state index in [1.54, 1.807) is 32.0 Å². The topological polar surface area (TPSA) is 90.7 Å². The van der Waals surface area contributed by atoms with Gasteiger partial charge in [0.2, 0.25) is 11.7 Å². The minimum atomic E-state index is -4.52. The smallest absolute Gasteiger partial charge is 0.416 e. The van der Waals surface area contributed by atoms with Gasteiger partial charge in [-0.2, -0.15) is 13.2 Å². The highest BCUT2D eigenvalue weighted by Crippen LogP contribution is 2.38. The third-order valence-electron chi connectivity index (χ3n) is 4.44. The number of amides is 1. The number of anilines is 1. The molecule has 1 amide bonds. The van der Waals surface area contributed by atoms with Crippen LogP contribution in [0, 0.1) is 10.1 Å². The summed E-state index contributed by atoms with van der Waals surface area (Å²) < 4.78 is 48.4. The Bertz CT molecular complexity index is 1270. The van der Waals surface area contributed by atoms with Gasteiger partial charge in [0.15, 0.2) is 0 Å². The molecule has 0 radical (unpaired) electrons. The number of ether oxygens (including phenoxy) is 2. The van der Waals surface area contributed by atoms with Crippen molar-refractivity contribution in [3.05, 3.63) is 85.3 Å². The second-order valence-electron chi connectivity index (χ2n) is 7.10. The zero-order valence-corrected chi connectivity index (χ0v) is 21.6. The van der Waals surface area contributed by atoms with Gasteiger partial charge < -0.3 is 14.8 Å². The molecule has 0 saturated heterocycles. The van der Waals surface area contributed by atoms with Crippen molar-refractivity contribution in [2.45, 2.75) is 26.4 Å². The number of hydrogen-bond donors (Lipinski definition) is 1. The number of rotatable bonds is 7. The molecule has 1 N–H and O–H groups in total. The summed E-state index contributed by atoms with van der Waals surface area (Å²) in [5, 5.41) is 14.3. The Morgan fingerprint density at radius 2 is 1.65 bits per heavy atom. The first-order chi connectivity index (χ1) is 17.3. The van der Waals surface area contributed by atoms with Crippen molar-refractivity contribution < 1.29 is 32.4 Å². The van der Waals surface area contributed by atoms with Gasteiger partial charge >= 0.3 is 11.9 Å². The third-order valence-corrected chi connectivity index (χ3v) is 5.47. The summed E-state index contributed by atoms with van der Waals surface area (Å²) in [7, 11) is 0. The lowest BCUT2D eigenvalue weighted by Crippen LogP contribution is -2.09. The number of nitro benzene ring substituents is 1. The minimum Gasteiger partial charge on any atom is -0.487 e. The van der Waals surface area contributed by atoms with Crippen LogP contribution in [0.5, 0.6) is 17.2 Å². The number of alkyl halides is 3. The molecule has 0 atom stereocenters. The van der Waals surface area contributed by atoms with Crippen molar-refractivity contribution >= 4 is 52.1 Å². The van der Waals surface area contributed by atoms with Crippen molar-refractivity contribution in [2.75, 3.05) is 11.9 Å². The van der Waals surface area contributed by atoms with Crippen LogP contribution in [0.15, 0.2) is 54.6 Å². The molecular formula is C24H20Cl3F3N2O5. The number of benzene rings is 3. The van der Waals surface area contributed by atoms with E-state index in [-0.39, 0.29) is 40.5 Å². The van der Waals surface area contributed by atoms with Crippen molar-refractivity contribution in [1.29, 1.82) is 0 Å². The number of nitrogens with one attached hydrogen (secondary N) is 1. The van der Waals surface area contributed by atoms with Gasteiger partial charge in [0.05, 0.1) is 32.2 Å². The zero-order chi connectivity index (χ0) is 27.8. The number of carbonyl (C=O) groups is 1. The van der Waals surface area contributed by atoms with Crippen molar-refractivity contribution in [2.24, 2.45) is 0 Å². The average molecular weight is 580 g/mol. The van der Waals surface area contributed by atoms with Gasteiger partial charge in [0.25, 0.3) is 0 Å². The van der Waals surface area contributed by atoms with Gasteiger partial charge in [-0.1, -0.05) is 41.7 Å². The van der Waals surface area contributed by atoms with Gasteiger partial charge in [-0.05, 0) is 49.4 Å². The maximum Gasteiger partial charge on any atom is 0.416 e. The summed E-state index contributed by atoms with van der Waals surface area (Å²) in [5.41, 5.74) is -0.484. The second-order valence-corrected chi connectivity index (χ2v) is 8.32. The Labute approximate surface area is 225 Å². The predicted octanol–water partition coefficient (Wildman–Crippen LogP) is 8.80. The molecule has 0 saturated carbocycles. The van der Waals surface area contributed by atoms with Crippen LogP contribution in [0.1, 0.15) is 25.8 Å². The molecule has 0 spiro atoms. The fraction of sp³-hybridized carbons (Fsp3) is 0.208. The first kappa shape index (κ1) is 30.0. The molecule has 13 heteroatoms. The van der Waals surface area contributed by atoms with Crippen molar-refractivity contribution in [3.63, 3.8) is 0 Å². The van der Waals surface area contributed by atoms with Gasteiger partial charge in [-0.15, -0.1) is 0 Å². The van der Waals surface area contributed by atoms with Crippen LogP contribution in [0.3, 0.4) is 0 Å². The molecule has 0 unspecified atom stereocenters. The van der Waals surface area contributed by atoms with E-state index in [0.29, 0.717) is 22.2 Å². The first-order valence-electron chi connectivity index (χ1n) is 10.6. The zero-order valence-electron chi connectivity index (χ0n) is 19.4. The molecule has 3 rings (SSSR count). The highest BCUT2D eigenvalue weighted by molar-refractivity contribution is 6.42. The van der Waals surface area contributed by atoms with Gasteiger partial charge in [-0.3, -0.25) is 14.9 Å². The molecule has 3 aromatic carbocycles. The average Bonchev–Trinajstić information content (AvgIpc) is 2.82. The van der Waals surface area contributed by atoms with Gasteiger partial charge in [0.1, 0.15) is 11.5 Å². The van der Waals surface area contributed by atoms with Gasteiger partial charge in [0, 0.05) is 24.2 Å². The predicted molar refractivity (Wildman–Crippen MR) is 136 cm³/mol. The normalized spacial score (nSPS) is 10.7. The second kappa shape index (κ2) is 13.4. The molecule has 0 aliphatic carbocycles. The van der Waals surface area contributed by atoms with E-state index in [1.165, 1.54) is 18.2 Å².